The number of furan rings is 1. The molecule has 0 spiro atoms. The summed E-state index contributed by atoms with van der Waals surface area (Å²) in [4.78, 5) is 15.0. The van der Waals surface area contributed by atoms with E-state index in [4.69, 9.17) is 19.4 Å². The smallest absolute Gasteiger partial charge is 0.238 e. The van der Waals surface area contributed by atoms with Crippen LogP contribution in [-0.4, -0.2) is 19.5 Å². The predicted molar refractivity (Wildman–Crippen MR) is 170 cm³/mol. The second-order valence-electron chi connectivity index (χ2n) is 10.5. The van der Waals surface area contributed by atoms with Crippen molar-refractivity contribution in [2.75, 3.05) is 0 Å². The fourth-order valence-electron chi connectivity index (χ4n) is 6.05. The lowest BCUT2D eigenvalue weighted by molar-refractivity contribution is 0.669. The van der Waals surface area contributed by atoms with Gasteiger partial charge in [0.2, 0.25) is 5.95 Å². The van der Waals surface area contributed by atoms with Gasteiger partial charge in [0.25, 0.3) is 0 Å². The standard InChI is InChI=1S/C37H22N4O/c1-3-11-23(12-4-1)35-38-36(24-13-5-2-6-14-24)40-37(39-35)41-31-17-9-7-15-27(31)29-19-26-22-34-30(20-25(26)21-32(29)41)28-16-8-10-18-33(28)42-34/h1-22H. The molecule has 9 rings (SSSR count). The van der Waals surface area contributed by atoms with Gasteiger partial charge in [0, 0.05) is 32.7 Å². The third-order valence-electron chi connectivity index (χ3n) is 8.01. The van der Waals surface area contributed by atoms with E-state index in [1.54, 1.807) is 0 Å². The molecule has 0 aliphatic heterocycles. The molecule has 196 valence electrons. The zero-order valence-electron chi connectivity index (χ0n) is 22.4. The van der Waals surface area contributed by atoms with Gasteiger partial charge in [-0.05, 0) is 47.2 Å². The van der Waals surface area contributed by atoms with E-state index in [9.17, 15) is 0 Å². The van der Waals surface area contributed by atoms with Crippen LogP contribution >= 0.6 is 0 Å². The molecular weight excluding hydrogens is 516 g/mol. The Morgan fingerprint density at radius 1 is 0.429 bits per heavy atom. The van der Waals surface area contributed by atoms with Gasteiger partial charge in [-0.15, -0.1) is 0 Å². The van der Waals surface area contributed by atoms with Crippen LogP contribution in [0.15, 0.2) is 138 Å². The lowest BCUT2D eigenvalue weighted by Gasteiger charge is -2.11. The molecule has 9 aromatic rings. The van der Waals surface area contributed by atoms with Crippen molar-refractivity contribution in [1.82, 2.24) is 19.5 Å². The van der Waals surface area contributed by atoms with Gasteiger partial charge in [0.15, 0.2) is 11.6 Å². The minimum absolute atomic E-state index is 0.586. The number of rotatable bonds is 3. The lowest BCUT2D eigenvalue weighted by atomic mass is 10.0. The molecule has 3 heterocycles. The molecule has 0 N–H and O–H groups in total. The van der Waals surface area contributed by atoms with Crippen molar-refractivity contribution in [1.29, 1.82) is 0 Å². The van der Waals surface area contributed by atoms with Crippen molar-refractivity contribution < 1.29 is 4.42 Å². The molecule has 0 bridgehead atoms. The fourth-order valence-corrected chi connectivity index (χ4v) is 6.05. The van der Waals surface area contributed by atoms with Crippen molar-refractivity contribution >= 4 is 54.5 Å². The summed E-state index contributed by atoms with van der Waals surface area (Å²) >= 11 is 0. The zero-order valence-corrected chi connectivity index (χ0v) is 22.4. The molecule has 0 unspecified atom stereocenters. The van der Waals surface area contributed by atoms with Gasteiger partial charge in [0.1, 0.15) is 11.2 Å². The number of benzene rings is 6. The quantitative estimate of drug-likeness (QED) is 0.225. The van der Waals surface area contributed by atoms with E-state index in [-0.39, 0.29) is 0 Å². The van der Waals surface area contributed by atoms with Crippen LogP contribution in [0.2, 0.25) is 0 Å². The Morgan fingerprint density at radius 2 is 1.02 bits per heavy atom. The van der Waals surface area contributed by atoms with Gasteiger partial charge in [-0.25, -0.2) is 4.98 Å². The summed E-state index contributed by atoms with van der Waals surface area (Å²) in [7, 11) is 0. The van der Waals surface area contributed by atoms with Crippen LogP contribution in [0.4, 0.5) is 0 Å². The number of hydrogen-bond acceptors (Lipinski definition) is 4. The first kappa shape index (κ1) is 22.9. The average molecular weight is 539 g/mol. The summed E-state index contributed by atoms with van der Waals surface area (Å²) in [6.45, 7) is 0. The van der Waals surface area contributed by atoms with Crippen molar-refractivity contribution in [2.45, 2.75) is 0 Å². The van der Waals surface area contributed by atoms with Crippen LogP contribution in [0.1, 0.15) is 0 Å². The van der Waals surface area contributed by atoms with Crippen LogP contribution in [0, 0.1) is 0 Å². The third kappa shape index (κ3) is 3.47. The Hall–Kier alpha value is -5.81. The minimum atomic E-state index is 0.586. The molecular formula is C37H22N4O. The topological polar surface area (TPSA) is 56.7 Å². The fraction of sp³-hybridized carbons (Fsp3) is 0. The van der Waals surface area contributed by atoms with Crippen molar-refractivity contribution in [3.05, 3.63) is 133 Å². The highest BCUT2D eigenvalue weighted by Gasteiger charge is 2.19. The van der Waals surface area contributed by atoms with Gasteiger partial charge >= 0.3 is 0 Å². The summed E-state index contributed by atoms with van der Waals surface area (Å²) in [5.74, 6) is 1.86. The normalized spacial score (nSPS) is 11.8. The zero-order chi connectivity index (χ0) is 27.6. The van der Waals surface area contributed by atoms with Crippen LogP contribution in [0.5, 0.6) is 0 Å². The molecule has 0 amide bonds. The molecule has 5 nitrogen and oxygen atoms in total. The molecule has 0 saturated heterocycles. The molecule has 0 saturated carbocycles. The maximum absolute atomic E-state index is 6.21. The molecule has 3 aromatic heterocycles. The van der Waals surface area contributed by atoms with E-state index in [1.807, 2.05) is 72.8 Å². The van der Waals surface area contributed by atoms with Crippen LogP contribution in [0.3, 0.4) is 0 Å². The molecule has 42 heavy (non-hydrogen) atoms. The number of fused-ring (bicyclic) bond motifs is 7. The number of nitrogens with zero attached hydrogens (tertiary/aromatic N) is 4. The Bertz CT molecular complexity index is 2400. The van der Waals surface area contributed by atoms with E-state index in [1.165, 1.54) is 0 Å². The summed E-state index contributed by atoms with van der Waals surface area (Å²) < 4.78 is 8.38. The maximum Gasteiger partial charge on any atom is 0.238 e. The second kappa shape index (κ2) is 8.85. The van der Waals surface area contributed by atoms with E-state index >= 15 is 0 Å². The molecule has 0 aliphatic carbocycles. The van der Waals surface area contributed by atoms with Crippen LogP contribution < -0.4 is 0 Å². The molecule has 0 fully saturated rings. The molecule has 0 aliphatic rings. The second-order valence-corrected chi connectivity index (χ2v) is 10.5. The highest BCUT2D eigenvalue weighted by Crippen LogP contribution is 2.38. The van der Waals surface area contributed by atoms with E-state index in [2.05, 4.69) is 65.2 Å². The van der Waals surface area contributed by atoms with Gasteiger partial charge in [-0.1, -0.05) is 97.1 Å². The highest BCUT2D eigenvalue weighted by molar-refractivity contribution is 6.16. The number of hydrogen-bond donors (Lipinski definition) is 0. The van der Waals surface area contributed by atoms with Gasteiger partial charge in [-0.3, -0.25) is 4.57 Å². The van der Waals surface area contributed by atoms with Crippen molar-refractivity contribution in [3.63, 3.8) is 0 Å². The summed E-state index contributed by atoms with van der Waals surface area (Å²) in [5, 5.41) is 6.76. The maximum atomic E-state index is 6.21. The van der Waals surface area contributed by atoms with Crippen molar-refractivity contribution in [2.24, 2.45) is 0 Å². The first-order valence-electron chi connectivity index (χ1n) is 14.0. The Balaban J connectivity index is 1.37. The van der Waals surface area contributed by atoms with Gasteiger partial charge < -0.3 is 4.42 Å². The Morgan fingerprint density at radius 3 is 1.76 bits per heavy atom. The largest absolute Gasteiger partial charge is 0.456 e. The summed E-state index contributed by atoms with van der Waals surface area (Å²) in [6.07, 6.45) is 0. The average Bonchev–Trinajstić information content (AvgIpc) is 3.58. The monoisotopic (exact) mass is 538 g/mol. The molecule has 0 radical (unpaired) electrons. The molecule has 6 aromatic carbocycles. The minimum Gasteiger partial charge on any atom is -0.456 e. The highest BCUT2D eigenvalue weighted by atomic mass is 16.3. The third-order valence-corrected chi connectivity index (χ3v) is 8.01. The first-order valence-corrected chi connectivity index (χ1v) is 14.0. The first-order chi connectivity index (χ1) is 20.8. The van der Waals surface area contributed by atoms with Crippen LogP contribution in [0.25, 0.3) is 83.2 Å². The van der Waals surface area contributed by atoms with Crippen molar-refractivity contribution in [3.8, 4) is 28.7 Å². The van der Waals surface area contributed by atoms with E-state index in [0.717, 1.165) is 65.6 Å². The van der Waals surface area contributed by atoms with Gasteiger partial charge in [0.05, 0.1) is 11.0 Å². The summed E-state index contributed by atoms with van der Waals surface area (Å²) in [5.41, 5.74) is 5.76. The number of aromatic nitrogens is 4. The SMILES string of the molecule is c1ccc(-c2nc(-c3ccccc3)nc(-n3c4ccccc4c4cc5cc6oc7ccccc7c6cc5cc43)n2)cc1. The molecule has 0 atom stereocenters. The predicted octanol–water partition coefficient (Wildman–Crippen LogP) is 9.36. The van der Waals surface area contributed by atoms with Crippen LogP contribution in [-0.2, 0) is 0 Å². The Labute approximate surface area is 240 Å². The Kier molecular flexibility index (Phi) is 4.83. The lowest BCUT2D eigenvalue weighted by Crippen LogP contribution is -2.06. The van der Waals surface area contributed by atoms with E-state index < -0.39 is 0 Å². The molecule has 5 heteroatoms. The van der Waals surface area contributed by atoms with Gasteiger partial charge in [-0.2, -0.15) is 9.97 Å². The summed E-state index contributed by atoms with van der Waals surface area (Å²) in [6, 6.07) is 45.7. The van der Waals surface area contributed by atoms with E-state index in [0.29, 0.717) is 17.6 Å². The number of para-hydroxylation sites is 2.